The van der Waals surface area contributed by atoms with E-state index in [1.807, 2.05) is 0 Å². The number of carbonyl (C=O) groups is 2. The Hall–Kier alpha value is -3.88. The maximum absolute atomic E-state index is 13.8. The highest BCUT2D eigenvalue weighted by Crippen LogP contribution is 2.51. The second kappa shape index (κ2) is 8.11. The number of ether oxygens (including phenoxy) is 2. The Morgan fingerprint density at radius 1 is 0.943 bits per heavy atom. The highest BCUT2D eigenvalue weighted by atomic mass is 19.4. The highest BCUT2D eigenvalue weighted by molar-refractivity contribution is 5.95. The van der Waals surface area contributed by atoms with E-state index < -0.39 is 34.5 Å². The third-order valence-corrected chi connectivity index (χ3v) is 6.47. The summed E-state index contributed by atoms with van der Waals surface area (Å²) >= 11 is 0. The predicted molar refractivity (Wildman–Crippen MR) is 116 cm³/mol. The van der Waals surface area contributed by atoms with Gasteiger partial charge in [-0.15, -0.1) is 0 Å². The molecular weight excluding hydrogens is 468 g/mol. The van der Waals surface area contributed by atoms with Crippen LogP contribution in [0.15, 0.2) is 54.6 Å². The predicted octanol–water partition coefficient (Wildman–Crippen LogP) is 5.78. The van der Waals surface area contributed by atoms with Crippen molar-refractivity contribution in [2.45, 2.75) is 30.9 Å². The fraction of sp³-hybridized carbons (Fsp3) is 0.231. The van der Waals surface area contributed by atoms with Crippen molar-refractivity contribution in [3.05, 3.63) is 82.7 Å². The van der Waals surface area contributed by atoms with Crippen LogP contribution in [0.4, 0.5) is 17.6 Å². The first-order valence-corrected chi connectivity index (χ1v) is 10.8. The van der Waals surface area contributed by atoms with Crippen molar-refractivity contribution in [3.8, 4) is 22.6 Å². The molecule has 1 aliphatic carbocycles. The van der Waals surface area contributed by atoms with Gasteiger partial charge in [-0.2, -0.15) is 13.2 Å². The first kappa shape index (κ1) is 22.9. The van der Waals surface area contributed by atoms with E-state index in [1.54, 1.807) is 18.2 Å². The van der Waals surface area contributed by atoms with Gasteiger partial charge in [-0.05, 0) is 65.4 Å². The standard InChI is InChI=1S/C26H18F4O5/c27-20-5-2-15(11-18(20)24(32)33)17-9-14(1-4-19(17)26(28,29)30)10-23(31)25(7-8-25)16-3-6-21-22(12-16)35-13-34-21/h1-6,9,11-12H,7-8,10,13H2,(H,32,33). The molecule has 0 radical (unpaired) electrons. The molecule has 9 heteroatoms. The summed E-state index contributed by atoms with van der Waals surface area (Å²) in [5, 5.41) is 9.18. The fourth-order valence-corrected chi connectivity index (χ4v) is 4.45. The molecule has 2 aliphatic rings. The average Bonchev–Trinajstić information content (AvgIpc) is 3.49. The number of carboxylic acids is 1. The zero-order valence-electron chi connectivity index (χ0n) is 18.1. The first-order chi connectivity index (χ1) is 16.6. The molecule has 35 heavy (non-hydrogen) atoms. The SMILES string of the molecule is O=C(O)c1cc(-c2cc(CC(=O)C3(c4ccc5c(c4)OCO5)CC3)ccc2C(F)(F)F)ccc1F. The second-order valence-corrected chi connectivity index (χ2v) is 8.63. The van der Waals surface area contributed by atoms with Gasteiger partial charge in [0.1, 0.15) is 11.6 Å². The summed E-state index contributed by atoms with van der Waals surface area (Å²) in [6.07, 6.45) is -3.63. The van der Waals surface area contributed by atoms with Crippen LogP contribution in [0.2, 0.25) is 0 Å². The molecule has 180 valence electrons. The summed E-state index contributed by atoms with van der Waals surface area (Å²) in [5.74, 6) is -1.66. The maximum atomic E-state index is 13.8. The van der Waals surface area contributed by atoms with Crippen LogP contribution in [0.1, 0.15) is 39.9 Å². The Labute approximate surface area is 196 Å². The van der Waals surface area contributed by atoms with Crippen LogP contribution in [0.5, 0.6) is 11.5 Å². The van der Waals surface area contributed by atoms with Gasteiger partial charge in [-0.1, -0.05) is 24.3 Å². The van der Waals surface area contributed by atoms with Crippen LogP contribution in [-0.2, 0) is 22.8 Å². The molecule has 1 aliphatic heterocycles. The van der Waals surface area contributed by atoms with Gasteiger partial charge in [-0.3, -0.25) is 4.79 Å². The Kier molecular flexibility index (Phi) is 5.30. The molecule has 0 aromatic heterocycles. The molecule has 0 spiro atoms. The number of hydrogen-bond acceptors (Lipinski definition) is 4. The summed E-state index contributed by atoms with van der Waals surface area (Å²) in [6, 6.07) is 11.4. The van der Waals surface area contributed by atoms with Crippen molar-refractivity contribution in [1.82, 2.24) is 0 Å². The quantitative estimate of drug-likeness (QED) is 0.447. The van der Waals surface area contributed by atoms with Crippen molar-refractivity contribution >= 4 is 11.8 Å². The molecular formula is C26H18F4O5. The topological polar surface area (TPSA) is 72.8 Å². The van der Waals surface area contributed by atoms with E-state index in [-0.39, 0.29) is 30.1 Å². The lowest BCUT2D eigenvalue weighted by molar-refractivity contribution is -0.137. The number of ketones is 1. The molecule has 0 amide bonds. The van der Waals surface area contributed by atoms with Crippen molar-refractivity contribution in [2.24, 2.45) is 0 Å². The molecule has 1 N–H and O–H groups in total. The van der Waals surface area contributed by atoms with Gasteiger partial charge >= 0.3 is 12.1 Å². The molecule has 0 bridgehead atoms. The van der Waals surface area contributed by atoms with E-state index in [0.29, 0.717) is 29.9 Å². The molecule has 3 aromatic carbocycles. The van der Waals surface area contributed by atoms with Crippen molar-refractivity contribution < 1.29 is 41.7 Å². The number of carbonyl (C=O) groups excluding carboxylic acids is 1. The van der Waals surface area contributed by atoms with Gasteiger partial charge in [0.05, 0.1) is 16.5 Å². The van der Waals surface area contributed by atoms with E-state index in [1.165, 1.54) is 12.1 Å². The number of hydrogen-bond donors (Lipinski definition) is 1. The minimum absolute atomic E-state index is 0.0983. The van der Waals surface area contributed by atoms with E-state index in [0.717, 1.165) is 29.8 Å². The number of halogens is 4. The molecule has 5 nitrogen and oxygen atoms in total. The smallest absolute Gasteiger partial charge is 0.417 e. The van der Waals surface area contributed by atoms with Crippen LogP contribution in [0.25, 0.3) is 11.1 Å². The van der Waals surface area contributed by atoms with Crippen LogP contribution in [-0.4, -0.2) is 23.7 Å². The Morgan fingerprint density at radius 2 is 1.69 bits per heavy atom. The normalized spacial score (nSPS) is 15.7. The van der Waals surface area contributed by atoms with Crippen LogP contribution >= 0.6 is 0 Å². The number of Topliss-reactive ketones (excluding diaryl/α,β-unsaturated/α-hetero) is 1. The zero-order valence-corrected chi connectivity index (χ0v) is 18.1. The van der Waals surface area contributed by atoms with Gasteiger partial charge in [0.15, 0.2) is 11.5 Å². The number of rotatable bonds is 6. The maximum Gasteiger partial charge on any atom is 0.417 e. The number of aromatic carboxylic acids is 1. The van der Waals surface area contributed by atoms with E-state index in [2.05, 4.69) is 0 Å². The Balaban J connectivity index is 1.49. The largest absolute Gasteiger partial charge is 0.478 e. The molecule has 0 atom stereocenters. The lowest BCUT2D eigenvalue weighted by Gasteiger charge is -2.18. The Bertz CT molecular complexity index is 1360. The average molecular weight is 486 g/mol. The first-order valence-electron chi connectivity index (χ1n) is 10.8. The molecule has 5 rings (SSSR count). The van der Waals surface area contributed by atoms with Crippen LogP contribution < -0.4 is 9.47 Å². The van der Waals surface area contributed by atoms with Crippen LogP contribution in [0.3, 0.4) is 0 Å². The fourth-order valence-electron chi connectivity index (χ4n) is 4.45. The van der Waals surface area contributed by atoms with Gasteiger partial charge in [-0.25, -0.2) is 9.18 Å². The second-order valence-electron chi connectivity index (χ2n) is 8.63. The molecule has 1 fully saturated rings. The minimum atomic E-state index is -4.74. The van der Waals surface area contributed by atoms with Gasteiger partial charge in [0.25, 0.3) is 0 Å². The minimum Gasteiger partial charge on any atom is -0.478 e. The van der Waals surface area contributed by atoms with Crippen molar-refractivity contribution in [3.63, 3.8) is 0 Å². The van der Waals surface area contributed by atoms with E-state index in [4.69, 9.17) is 9.47 Å². The highest BCUT2D eigenvalue weighted by Gasteiger charge is 2.51. The number of fused-ring (bicyclic) bond motifs is 1. The molecule has 0 saturated heterocycles. The Morgan fingerprint density at radius 3 is 2.37 bits per heavy atom. The van der Waals surface area contributed by atoms with Crippen molar-refractivity contribution in [2.75, 3.05) is 6.79 Å². The number of alkyl halides is 3. The lowest BCUT2D eigenvalue weighted by Crippen LogP contribution is -2.22. The van der Waals surface area contributed by atoms with E-state index in [9.17, 15) is 32.3 Å². The third-order valence-electron chi connectivity index (χ3n) is 6.47. The van der Waals surface area contributed by atoms with Crippen molar-refractivity contribution in [1.29, 1.82) is 0 Å². The molecule has 1 saturated carbocycles. The number of benzene rings is 3. The molecule has 3 aromatic rings. The van der Waals surface area contributed by atoms with Gasteiger partial charge in [0, 0.05) is 6.42 Å². The zero-order chi connectivity index (χ0) is 25.0. The summed E-state index contributed by atoms with van der Waals surface area (Å²) in [6.45, 7) is 0.0983. The van der Waals surface area contributed by atoms with E-state index >= 15 is 0 Å². The summed E-state index contributed by atoms with van der Waals surface area (Å²) in [4.78, 5) is 24.6. The third kappa shape index (κ3) is 4.11. The number of carboxylic acid groups (broad SMARTS) is 1. The lowest BCUT2D eigenvalue weighted by atomic mass is 9.86. The summed E-state index contributed by atoms with van der Waals surface area (Å²) in [5.41, 5.74) is -1.81. The monoisotopic (exact) mass is 486 g/mol. The summed E-state index contributed by atoms with van der Waals surface area (Å²) in [7, 11) is 0. The molecule has 1 heterocycles. The van der Waals surface area contributed by atoms with Gasteiger partial charge in [0.2, 0.25) is 6.79 Å². The molecule has 0 unspecified atom stereocenters. The van der Waals surface area contributed by atoms with Crippen LogP contribution in [0, 0.1) is 5.82 Å². The summed E-state index contributed by atoms with van der Waals surface area (Å²) < 4.78 is 65.7. The van der Waals surface area contributed by atoms with Gasteiger partial charge < -0.3 is 14.6 Å².